The van der Waals surface area contributed by atoms with Crippen LogP contribution in [0.4, 0.5) is 29.9 Å². The summed E-state index contributed by atoms with van der Waals surface area (Å²) in [5, 5.41) is 6.18. The van der Waals surface area contributed by atoms with Crippen LogP contribution in [0, 0.1) is 0 Å². The molecule has 0 radical (unpaired) electrons. The summed E-state index contributed by atoms with van der Waals surface area (Å²) in [6, 6.07) is 0. The van der Waals surface area contributed by atoms with Gasteiger partial charge in [0.1, 0.15) is 21.4 Å². The normalized spacial score (nSPS) is 20.3. The minimum Gasteiger partial charge on any atom is -0.372 e. The van der Waals surface area contributed by atoms with E-state index in [2.05, 4.69) is 25.6 Å². The van der Waals surface area contributed by atoms with Crippen molar-refractivity contribution in [2.24, 2.45) is 0 Å². The summed E-state index contributed by atoms with van der Waals surface area (Å²) < 4.78 is 38.8. The first-order valence-electron chi connectivity index (χ1n) is 7.87. The number of likely N-dealkylation sites (tertiary alicyclic amines) is 1. The third-order valence-corrected chi connectivity index (χ3v) is 6.00. The lowest BCUT2D eigenvalue weighted by Gasteiger charge is -2.18. The summed E-state index contributed by atoms with van der Waals surface area (Å²) in [7, 11) is 3.06. The summed E-state index contributed by atoms with van der Waals surface area (Å²) in [6.07, 6.45) is -3.28. The summed E-state index contributed by atoms with van der Waals surface area (Å²) in [5.41, 5.74) is -1.75. The largest absolute Gasteiger partial charge is 0.421 e. The van der Waals surface area contributed by atoms with Gasteiger partial charge in [0.25, 0.3) is 0 Å². The highest BCUT2D eigenvalue weighted by Gasteiger charge is 2.45. The number of thiazole rings is 1. The fourth-order valence-corrected chi connectivity index (χ4v) is 4.09. The molecule has 3 heterocycles. The molecule has 1 unspecified atom stereocenters. The number of hydrogen-bond donors (Lipinski definition) is 2. The van der Waals surface area contributed by atoms with Crippen molar-refractivity contribution in [3.63, 3.8) is 0 Å². The molecular weight excluding hydrogens is 405 g/mol. The zero-order valence-electron chi connectivity index (χ0n) is 14.6. The molecule has 1 saturated heterocycles. The summed E-state index contributed by atoms with van der Waals surface area (Å²) in [5.74, 6) is -0.479. The van der Waals surface area contributed by atoms with Gasteiger partial charge in [0.15, 0.2) is 5.15 Å². The quantitative estimate of drug-likeness (QED) is 0.787. The Hall–Kier alpha value is -2.14. The maximum Gasteiger partial charge on any atom is 0.421 e. The highest BCUT2D eigenvalue weighted by molar-refractivity contribution is 7.16. The number of anilines is 3. The predicted molar refractivity (Wildman–Crippen MR) is 96.6 cm³/mol. The second-order valence-electron chi connectivity index (χ2n) is 6.28. The number of nitrogens with one attached hydrogen (secondary N) is 2. The Labute approximate surface area is 162 Å². The number of likely N-dealkylation sites (N-methyl/N-ethyl adjacent to an activating group) is 1. The topological polar surface area (TPSA) is 83.0 Å². The van der Waals surface area contributed by atoms with Crippen LogP contribution in [-0.2, 0) is 16.4 Å². The lowest BCUT2D eigenvalue weighted by molar-refractivity contribution is -0.137. The number of carbonyl (C=O) groups excluding carboxylic acids is 1. The van der Waals surface area contributed by atoms with Crippen LogP contribution >= 0.6 is 22.9 Å². The second-order valence-corrected chi connectivity index (χ2v) is 7.63. The van der Waals surface area contributed by atoms with Crippen LogP contribution in [0.2, 0.25) is 5.15 Å². The van der Waals surface area contributed by atoms with Gasteiger partial charge in [0.2, 0.25) is 11.9 Å². The fourth-order valence-electron chi connectivity index (χ4n) is 2.78. The van der Waals surface area contributed by atoms with Crippen LogP contribution in [-0.4, -0.2) is 46.4 Å². The van der Waals surface area contributed by atoms with Crippen LogP contribution in [0.25, 0.3) is 0 Å². The standard InChI is InChI=1S/C15H16ClF3N6OS/c1-14(4-5-25(3)12(14)26)11-22-8(16)10(27-11)24-13-21-6-7(15(17,18)19)9(20-2)23-13/h6H,4-5H2,1-3H3,(H2,20,21,23,24). The molecule has 1 amide bonds. The van der Waals surface area contributed by atoms with Gasteiger partial charge < -0.3 is 15.5 Å². The van der Waals surface area contributed by atoms with Crippen LogP contribution in [0.5, 0.6) is 0 Å². The molecule has 1 aliphatic rings. The third kappa shape index (κ3) is 3.53. The number of hydrogen-bond acceptors (Lipinski definition) is 7. The maximum absolute atomic E-state index is 12.9. The van der Waals surface area contributed by atoms with E-state index in [9.17, 15) is 18.0 Å². The van der Waals surface area contributed by atoms with Gasteiger partial charge >= 0.3 is 6.18 Å². The van der Waals surface area contributed by atoms with Gasteiger partial charge in [-0.05, 0) is 13.3 Å². The summed E-state index contributed by atoms with van der Waals surface area (Å²) in [4.78, 5) is 25.8. The molecular formula is C15H16ClF3N6OS. The van der Waals surface area contributed by atoms with Crippen molar-refractivity contribution >= 4 is 45.6 Å². The van der Waals surface area contributed by atoms with E-state index in [4.69, 9.17) is 11.6 Å². The summed E-state index contributed by atoms with van der Waals surface area (Å²) >= 11 is 7.31. The van der Waals surface area contributed by atoms with Crippen molar-refractivity contribution in [3.05, 3.63) is 21.9 Å². The highest BCUT2D eigenvalue weighted by atomic mass is 35.5. The van der Waals surface area contributed by atoms with Crippen LogP contribution < -0.4 is 10.6 Å². The molecule has 12 heteroatoms. The Morgan fingerprint density at radius 2 is 2.07 bits per heavy atom. The monoisotopic (exact) mass is 420 g/mol. The molecule has 7 nitrogen and oxygen atoms in total. The first kappa shape index (κ1) is 19.6. The molecule has 1 aliphatic heterocycles. The number of nitrogens with zero attached hydrogens (tertiary/aromatic N) is 4. The molecule has 146 valence electrons. The molecule has 0 bridgehead atoms. The van der Waals surface area contributed by atoms with E-state index in [1.54, 1.807) is 18.9 Å². The van der Waals surface area contributed by atoms with Gasteiger partial charge in [0.05, 0.1) is 5.41 Å². The lowest BCUT2D eigenvalue weighted by atomic mass is 9.90. The molecule has 2 aromatic rings. The number of alkyl halides is 3. The van der Waals surface area contributed by atoms with Crippen molar-refractivity contribution in [1.82, 2.24) is 19.9 Å². The molecule has 0 spiro atoms. The Morgan fingerprint density at radius 3 is 2.63 bits per heavy atom. The fraction of sp³-hybridized carbons (Fsp3) is 0.467. The van der Waals surface area contributed by atoms with Crippen molar-refractivity contribution in [1.29, 1.82) is 0 Å². The van der Waals surface area contributed by atoms with E-state index in [1.807, 2.05) is 0 Å². The van der Waals surface area contributed by atoms with Gasteiger partial charge in [-0.3, -0.25) is 4.79 Å². The van der Waals surface area contributed by atoms with Gasteiger partial charge in [-0.15, -0.1) is 0 Å². The molecule has 0 aliphatic carbocycles. The van der Waals surface area contributed by atoms with Crippen LogP contribution in [0.3, 0.4) is 0 Å². The van der Waals surface area contributed by atoms with Crippen LogP contribution in [0.1, 0.15) is 23.9 Å². The SMILES string of the molecule is CNc1nc(Nc2sc(C3(C)CCN(C)C3=O)nc2Cl)ncc1C(F)(F)F. The third-order valence-electron chi connectivity index (χ3n) is 4.38. The molecule has 0 saturated carbocycles. The maximum atomic E-state index is 12.9. The van der Waals surface area contributed by atoms with Crippen molar-refractivity contribution in [3.8, 4) is 0 Å². The first-order valence-corrected chi connectivity index (χ1v) is 9.07. The summed E-state index contributed by atoms with van der Waals surface area (Å²) in [6.45, 7) is 2.41. The number of carbonyl (C=O) groups is 1. The van der Waals surface area contributed by atoms with Gasteiger partial charge in [-0.2, -0.15) is 18.2 Å². The number of halogens is 4. The minimum atomic E-state index is -4.57. The molecule has 1 atom stereocenters. The van der Waals surface area contributed by atoms with Gasteiger partial charge in [0, 0.05) is 26.8 Å². The Morgan fingerprint density at radius 1 is 1.37 bits per heavy atom. The van der Waals surface area contributed by atoms with E-state index < -0.39 is 17.2 Å². The van der Waals surface area contributed by atoms with Crippen molar-refractivity contribution < 1.29 is 18.0 Å². The number of aromatic nitrogens is 3. The predicted octanol–water partition coefficient (Wildman–Crippen LogP) is 3.51. The molecule has 27 heavy (non-hydrogen) atoms. The zero-order valence-corrected chi connectivity index (χ0v) is 16.2. The van der Waals surface area contributed by atoms with Gasteiger partial charge in [-0.25, -0.2) is 9.97 Å². The van der Waals surface area contributed by atoms with Crippen LogP contribution in [0.15, 0.2) is 6.20 Å². The minimum absolute atomic E-state index is 0.0530. The molecule has 1 fully saturated rings. The Bertz CT molecular complexity index is 889. The van der Waals surface area contributed by atoms with Crippen molar-refractivity contribution in [2.45, 2.75) is 24.9 Å². The van der Waals surface area contributed by atoms with E-state index in [0.29, 0.717) is 29.2 Å². The zero-order chi connectivity index (χ0) is 20.0. The smallest absolute Gasteiger partial charge is 0.372 e. The van der Waals surface area contributed by atoms with E-state index in [0.717, 1.165) is 11.3 Å². The number of amides is 1. The average molecular weight is 421 g/mol. The molecule has 2 aromatic heterocycles. The molecule has 3 rings (SSSR count). The Balaban J connectivity index is 1.89. The van der Waals surface area contributed by atoms with Gasteiger partial charge in [-0.1, -0.05) is 22.9 Å². The Kier molecular flexibility index (Phi) is 4.93. The highest BCUT2D eigenvalue weighted by Crippen LogP contribution is 2.42. The van der Waals surface area contributed by atoms with E-state index in [-0.39, 0.29) is 22.8 Å². The number of rotatable bonds is 4. The molecule has 2 N–H and O–H groups in total. The average Bonchev–Trinajstić information content (AvgIpc) is 3.10. The van der Waals surface area contributed by atoms with Crippen molar-refractivity contribution in [2.75, 3.05) is 31.3 Å². The first-order chi connectivity index (χ1) is 12.6. The lowest BCUT2D eigenvalue weighted by Crippen LogP contribution is -2.33. The second kappa shape index (κ2) is 6.79. The van der Waals surface area contributed by atoms with E-state index in [1.165, 1.54) is 7.05 Å². The molecule has 0 aromatic carbocycles. The van der Waals surface area contributed by atoms with E-state index >= 15 is 0 Å².